The first-order valence-corrected chi connectivity index (χ1v) is 8.37. The third-order valence-electron chi connectivity index (χ3n) is 3.90. The number of aromatic nitrogens is 3. The minimum Gasteiger partial charge on any atom is -0.402 e. The molecule has 0 aliphatic carbocycles. The number of nitrogens with two attached hydrogens (primary N) is 1. The van der Waals surface area contributed by atoms with Crippen molar-refractivity contribution in [1.29, 1.82) is 0 Å². The molecule has 3 rings (SSSR count). The first kappa shape index (κ1) is 17.6. The van der Waals surface area contributed by atoms with E-state index in [-0.39, 0.29) is 0 Å². The first-order valence-electron chi connectivity index (χ1n) is 8.37. The highest BCUT2D eigenvalue weighted by atomic mass is 16.5. The van der Waals surface area contributed by atoms with Crippen LogP contribution in [0.4, 0.5) is 11.7 Å². The van der Waals surface area contributed by atoms with Gasteiger partial charge in [0.15, 0.2) is 0 Å². The average molecular weight is 350 g/mol. The topological polar surface area (TPSA) is 102 Å². The van der Waals surface area contributed by atoms with Crippen molar-refractivity contribution in [3.05, 3.63) is 47.4 Å². The molecule has 0 radical (unpaired) electrons. The fourth-order valence-corrected chi connectivity index (χ4v) is 2.50. The van der Waals surface area contributed by atoms with Crippen LogP contribution in [0.15, 0.2) is 45.7 Å². The van der Waals surface area contributed by atoms with Crippen molar-refractivity contribution in [3.63, 3.8) is 0 Å². The summed E-state index contributed by atoms with van der Waals surface area (Å²) < 4.78 is 5.31. The van der Waals surface area contributed by atoms with E-state index in [2.05, 4.69) is 39.3 Å². The lowest BCUT2D eigenvalue weighted by molar-refractivity contribution is 0.422. The molecule has 0 bridgehead atoms. The van der Waals surface area contributed by atoms with Gasteiger partial charge in [-0.1, -0.05) is 19.0 Å². The SMILES string of the molecule is CN=CC(=C(C)N)c1cnc2ccc(Nc3cc(C(C)C)no3)nc2c1. The summed E-state index contributed by atoms with van der Waals surface area (Å²) in [6.07, 6.45) is 3.50. The molecule has 0 aliphatic heterocycles. The zero-order valence-corrected chi connectivity index (χ0v) is 15.3. The Morgan fingerprint density at radius 3 is 2.73 bits per heavy atom. The van der Waals surface area contributed by atoms with Crippen LogP contribution < -0.4 is 11.1 Å². The van der Waals surface area contributed by atoms with Crippen molar-refractivity contribution < 1.29 is 4.52 Å². The summed E-state index contributed by atoms with van der Waals surface area (Å²) >= 11 is 0. The highest BCUT2D eigenvalue weighted by Gasteiger charge is 2.10. The fraction of sp³-hybridized carbons (Fsp3) is 0.263. The third-order valence-corrected chi connectivity index (χ3v) is 3.90. The highest BCUT2D eigenvalue weighted by molar-refractivity contribution is 6.11. The monoisotopic (exact) mass is 350 g/mol. The number of pyridine rings is 2. The fourth-order valence-electron chi connectivity index (χ4n) is 2.50. The maximum absolute atomic E-state index is 5.97. The minimum atomic E-state index is 0.301. The van der Waals surface area contributed by atoms with Crippen LogP contribution in [0.3, 0.4) is 0 Å². The van der Waals surface area contributed by atoms with Gasteiger partial charge in [0, 0.05) is 42.4 Å². The molecular formula is C19H22N6O. The molecule has 26 heavy (non-hydrogen) atoms. The van der Waals surface area contributed by atoms with E-state index in [1.165, 1.54) is 0 Å². The van der Waals surface area contributed by atoms with Gasteiger partial charge in [-0.3, -0.25) is 9.98 Å². The summed E-state index contributed by atoms with van der Waals surface area (Å²) in [5.74, 6) is 1.51. The van der Waals surface area contributed by atoms with Crippen LogP contribution in [0.1, 0.15) is 37.9 Å². The van der Waals surface area contributed by atoms with Gasteiger partial charge in [0.05, 0.1) is 16.7 Å². The molecule has 0 aromatic carbocycles. The molecular weight excluding hydrogens is 328 g/mol. The lowest BCUT2D eigenvalue weighted by atomic mass is 10.1. The molecule has 134 valence electrons. The van der Waals surface area contributed by atoms with Crippen LogP contribution >= 0.6 is 0 Å². The summed E-state index contributed by atoms with van der Waals surface area (Å²) in [5.41, 5.74) is 10.8. The Morgan fingerprint density at radius 2 is 2.08 bits per heavy atom. The van der Waals surface area contributed by atoms with Crippen molar-refractivity contribution in [2.24, 2.45) is 10.7 Å². The minimum absolute atomic E-state index is 0.301. The predicted molar refractivity (Wildman–Crippen MR) is 105 cm³/mol. The molecule has 3 heterocycles. The van der Waals surface area contributed by atoms with Gasteiger partial charge in [0.2, 0.25) is 5.88 Å². The number of aliphatic imine (C=N–C) groups is 1. The predicted octanol–water partition coefficient (Wildman–Crippen LogP) is 3.88. The molecule has 7 heteroatoms. The Hall–Kier alpha value is -3.22. The molecule has 0 aliphatic rings. The van der Waals surface area contributed by atoms with Crippen molar-refractivity contribution in [2.45, 2.75) is 26.7 Å². The average Bonchev–Trinajstić information content (AvgIpc) is 3.07. The molecule has 0 saturated carbocycles. The Kier molecular flexibility index (Phi) is 4.97. The van der Waals surface area contributed by atoms with E-state index in [1.807, 2.05) is 31.2 Å². The van der Waals surface area contributed by atoms with Crippen molar-refractivity contribution >= 4 is 34.5 Å². The molecule has 3 aromatic heterocycles. The molecule has 0 spiro atoms. The zero-order chi connectivity index (χ0) is 18.7. The van der Waals surface area contributed by atoms with Crippen LogP contribution in [0, 0.1) is 0 Å². The number of nitrogens with zero attached hydrogens (tertiary/aromatic N) is 4. The van der Waals surface area contributed by atoms with Crippen LogP contribution in [0.5, 0.6) is 0 Å². The lowest BCUT2D eigenvalue weighted by Gasteiger charge is -2.07. The molecule has 0 fully saturated rings. The van der Waals surface area contributed by atoms with Crippen molar-refractivity contribution in [2.75, 3.05) is 12.4 Å². The van der Waals surface area contributed by atoms with Crippen LogP contribution in [-0.4, -0.2) is 28.4 Å². The molecule has 3 N–H and O–H groups in total. The van der Waals surface area contributed by atoms with Gasteiger partial charge in [-0.05, 0) is 31.0 Å². The van der Waals surface area contributed by atoms with E-state index in [4.69, 9.17) is 10.3 Å². The standard InChI is InChI=1S/C19H22N6O/c1-11(2)16-8-19(26-25-16)24-18-6-5-15-17(23-18)7-13(9-22-15)14(10-21-4)12(3)20/h5-11H,20H2,1-4H3,(H,23,24). The van der Waals surface area contributed by atoms with Crippen molar-refractivity contribution in [3.8, 4) is 0 Å². The molecule has 0 amide bonds. The van der Waals surface area contributed by atoms with Gasteiger partial charge in [0.25, 0.3) is 0 Å². The Labute approximate surface area is 152 Å². The second-order valence-corrected chi connectivity index (χ2v) is 6.34. The van der Waals surface area contributed by atoms with E-state index < -0.39 is 0 Å². The van der Waals surface area contributed by atoms with Crippen LogP contribution in [0.2, 0.25) is 0 Å². The molecule has 0 atom stereocenters. The molecule has 3 aromatic rings. The summed E-state index contributed by atoms with van der Waals surface area (Å²) in [6.45, 7) is 5.96. The van der Waals surface area contributed by atoms with Crippen LogP contribution in [0.25, 0.3) is 16.6 Å². The number of fused-ring (bicyclic) bond motifs is 1. The van der Waals surface area contributed by atoms with E-state index in [0.717, 1.165) is 27.9 Å². The zero-order valence-electron chi connectivity index (χ0n) is 15.3. The summed E-state index contributed by atoms with van der Waals surface area (Å²) in [5, 5.41) is 7.18. The van der Waals surface area contributed by atoms with Crippen LogP contribution in [-0.2, 0) is 0 Å². The van der Waals surface area contributed by atoms with Gasteiger partial charge >= 0.3 is 0 Å². The Balaban J connectivity index is 1.95. The molecule has 0 unspecified atom stereocenters. The normalized spacial score (nSPS) is 12.8. The number of allylic oxidation sites excluding steroid dienone is 2. The van der Waals surface area contributed by atoms with Crippen molar-refractivity contribution in [1.82, 2.24) is 15.1 Å². The maximum Gasteiger partial charge on any atom is 0.230 e. The quantitative estimate of drug-likeness (QED) is 0.677. The van der Waals surface area contributed by atoms with Gasteiger partial charge in [-0.2, -0.15) is 0 Å². The highest BCUT2D eigenvalue weighted by Crippen LogP contribution is 2.23. The maximum atomic E-state index is 5.97. The molecule has 0 saturated heterocycles. The van der Waals surface area contributed by atoms with Gasteiger partial charge in [-0.25, -0.2) is 4.98 Å². The number of rotatable bonds is 5. The second-order valence-electron chi connectivity index (χ2n) is 6.34. The number of hydrogen-bond acceptors (Lipinski definition) is 7. The summed E-state index contributed by atoms with van der Waals surface area (Å²) in [4.78, 5) is 13.1. The number of nitrogens with one attached hydrogen (secondary N) is 1. The smallest absolute Gasteiger partial charge is 0.230 e. The van der Waals surface area contributed by atoms with E-state index in [0.29, 0.717) is 23.3 Å². The number of hydrogen-bond donors (Lipinski definition) is 2. The largest absolute Gasteiger partial charge is 0.402 e. The summed E-state index contributed by atoms with van der Waals surface area (Å²) in [6, 6.07) is 7.58. The summed E-state index contributed by atoms with van der Waals surface area (Å²) in [7, 11) is 1.71. The van der Waals surface area contributed by atoms with E-state index >= 15 is 0 Å². The van der Waals surface area contributed by atoms with E-state index in [9.17, 15) is 0 Å². The lowest BCUT2D eigenvalue weighted by Crippen LogP contribution is -2.00. The number of anilines is 2. The van der Waals surface area contributed by atoms with Gasteiger partial charge in [-0.15, -0.1) is 0 Å². The Bertz CT molecular complexity index is 983. The third kappa shape index (κ3) is 3.72. The van der Waals surface area contributed by atoms with Gasteiger partial charge < -0.3 is 15.6 Å². The molecule has 7 nitrogen and oxygen atoms in total. The van der Waals surface area contributed by atoms with E-state index in [1.54, 1.807) is 19.5 Å². The van der Waals surface area contributed by atoms with Gasteiger partial charge in [0.1, 0.15) is 5.82 Å². The Morgan fingerprint density at radius 1 is 1.27 bits per heavy atom. The second kappa shape index (κ2) is 7.35. The first-order chi connectivity index (χ1) is 12.5.